The maximum atomic E-state index is 12.1. The number of nitrogens with zero attached hydrogens (tertiary/aromatic N) is 1. The van der Waals surface area contributed by atoms with Crippen LogP contribution in [-0.2, 0) is 14.3 Å². The second kappa shape index (κ2) is 7.61. The van der Waals surface area contributed by atoms with E-state index in [2.05, 4.69) is 5.32 Å². The molecule has 2 N–H and O–H groups in total. The smallest absolute Gasteiger partial charge is 0.330 e. The highest BCUT2D eigenvalue weighted by Crippen LogP contribution is 2.14. The number of carbonyl (C=O) groups is 2. The van der Waals surface area contributed by atoms with Crippen LogP contribution in [0, 0.1) is 0 Å². The molecule has 0 aromatic heterocycles. The molecule has 0 radical (unpaired) electrons. The van der Waals surface area contributed by atoms with Crippen LogP contribution in [0.4, 0.5) is 0 Å². The molecule has 0 aliphatic carbocycles. The Bertz CT molecular complexity index is 551. The van der Waals surface area contributed by atoms with Crippen molar-refractivity contribution in [1.82, 2.24) is 10.2 Å². The lowest BCUT2D eigenvalue weighted by Crippen LogP contribution is -2.40. The molecule has 1 amide bonds. The Morgan fingerprint density at radius 3 is 2.50 bits per heavy atom. The van der Waals surface area contributed by atoms with Crippen molar-refractivity contribution >= 4 is 11.9 Å². The number of nitrogens with one attached hydrogen (secondary N) is 1. The van der Waals surface area contributed by atoms with Gasteiger partial charge in [0.05, 0.1) is 13.2 Å². The SMILES string of the molecule is C/C(=C\C(=O)N1CCOCC1)N[C@@H](C(=O)O)c1ccccc1. The van der Waals surface area contributed by atoms with E-state index in [1.807, 2.05) is 6.07 Å². The van der Waals surface area contributed by atoms with Gasteiger partial charge in [0.25, 0.3) is 0 Å². The van der Waals surface area contributed by atoms with Crippen LogP contribution in [0.2, 0.25) is 0 Å². The first kappa shape index (κ1) is 16.0. The van der Waals surface area contributed by atoms with Crippen molar-refractivity contribution in [3.05, 3.63) is 47.7 Å². The number of hydrogen-bond donors (Lipinski definition) is 2. The number of morpholine rings is 1. The third-order valence-electron chi connectivity index (χ3n) is 3.41. The lowest BCUT2D eigenvalue weighted by Gasteiger charge is -2.26. The van der Waals surface area contributed by atoms with Gasteiger partial charge in [-0.25, -0.2) is 4.79 Å². The van der Waals surface area contributed by atoms with E-state index in [9.17, 15) is 14.7 Å². The molecule has 1 aromatic carbocycles. The minimum Gasteiger partial charge on any atom is -0.479 e. The number of rotatable bonds is 5. The van der Waals surface area contributed by atoms with Gasteiger partial charge < -0.3 is 20.1 Å². The zero-order valence-corrected chi connectivity index (χ0v) is 12.5. The lowest BCUT2D eigenvalue weighted by atomic mass is 10.1. The van der Waals surface area contributed by atoms with Crippen LogP contribution in [0.3, 0.4) is 0 Å². The number of hydrogen-bond acceptors (Lipinski definition) is 4. The van der Waals surface area contributed by atoms with Crippen LogP contribution in [-0.4, -0.2) is 48.2 Å². The molecule has 1 aromatic rings. The normalized spacial score (nSPS) is 17.0. The minimum absolute atomic E-state index is 0.134. The van der Waals surface area contributed by atoms with Crippen LogP contribution >= 0.6 is 0 Å². The van der Waals surface area contributed by atoms with Crippen LogP contribution < -0.4 is 5.32 Å². The number of aliphatic carboxylic acids is 1. The fourth-order valence-corrected chi connectivity index (χ4v) is 2.26. The lowest BCUT2D eigenvalue weighted by molar-refractivity contribution is -0.139. The third-order valence-corrected chi connectivity index (χ3v) is 3.41. The quantitative estimate of drug-likeness (QED) is 0.798. The van der Waals surface area contributed by atoms with Gasteiger partial charge in [-0.3, -0.25) is 4.79 Å². The van der Waals surface area contributed by atoms with Gasteiger partial charge in [-0.15, -0.1) is 0 Å². The third kappa shape index (κ3) is 4.33. The zero-order valence-electron chi connectivity index (χ0n) is 12.5. The van der Waals surface area contributed by atoms with E-state index in [-0.39, 0.29) is 5.91 Å². The van der Waals surface area contributed by atoms with E-state index >= 15 is 0 Å². The summed E-state index contributed by atoms with van der Waals surface area (Å²) in [6, 6.07) is 7.99. The molecule has 0 bridgehead atoms. The fourth-order valence-electron chi connectivity index (χ4n) is 2.26. The summed E-state index contributed by atoms with van der Waals surface area (Å²) in [5.74, 6) is -1.12. The second-order valence-corrected chi connectivity index (χ2v) is 5.09. The number of carboxylic acid groups (broad SMARTS) is 1. The second-order valence-electron chi connectivity index (χ2n) is 5.09. The van der Waals surface area contributed by atoms with E-state index < -0.39 is 12.0 Å². The Hall–Kier alpha value is -2.34. The summed E-state index contributed by atoms with van der Waals surface area (Å²) in [6.45, 7) is 3.88. The van der Waals surface area contributed by atoms with Crippen molar-refractivity contribution in [2.45, 2.75) is 13.0 Å². The molecule has 118 valence electrons. The Kier molecular flexibility index (Phi) is 5.55. The Morgan fingerprint density at radius 1 is 1.27 bits per heavy atom. The van der Waals surface area contributed by atoms with E-state index in [0.29, 0.717) is 37.6 Å². The summed E-state index contributed by atoms with van der Waals surface area (Å²) >= 11 is 0. The number of allylic oxidation sites excluding steroid dienone is 1. The Labute approximate surface area is 129 Å². The predicted octanol–water partition coefficient (Wildman–Crippen LogP) is 1.16. The van der Waals surface area contributed by atoms with Gasteiger partial charge >= 0.3 is 5.97 Å². The van der Waals surface area contributed by atoms with Crippen LogP contribution in [0.25, 0.3) is 0 Å². The van der Waals surface area contributed by atoms with Crippen molar-refractivity contribution in [2.24, 2.45) is 0 Å². The van der Waals surface area contributed by atoms with Crippen LogP contribution in [0.15, 0.2) is 42.1 Å². The number of carboxylic acids is 1. The largest absolute Gasteiger partial charge is 0.479 e. The highest BCUT2D eigenvalue weighted by Gasteiger charge is 2.20. The molecular formula is C16H20N2O4. The molecular weight excluding hydrogens is 284 g/mol. The first-order valence-electron chi connectivity index (χ1n) is 7.17. The molecule has 1 heterocycles. The molecule has 0 spiro atoms. The highest BCUT2D eigenvalue weighted by atomic mass is 16.5. The minimum atomic E-state index is -0.988. The van der Waals surface area contributed by atoms with Gasteiger partial charge in [0.15, 0.2) is 0 Å². The average Bonchev–Trinajstić information content (AvgIpc) is 2.54. The monoisotopic (exact) mass is 304 g/mol. The fraction of sp³-hybridized carbons (Fsp3) is 0.375. The Balaban J connectivity index is 2.04. The predicted molar refractivity (Wildman–Crippen MR) is 81.1 cm³/mol. The molecule has 1 fully saturated rings. The number of carbonyl (C=O) groups excluding carboxylic acids is 1. The summed E-state index contributed by atoms with van der Waals surface area (Å²) in [4.78, 5) is 25.2. The summed E-state index contributed by atoms with van der Waals surface area (Å²) in [5, 5.41) is 12.2. The maximum Gasteiger partial charge on any atom is 0.330 e. The van der Waals surface area contributed by atoms with E-state index in [4.69, 9.17) is 4.74 Å². The number of amides is 1. The molecule has 6 nitrogen and oxygen atoms in total. The molecule has 1 aliphatic rings. The molecule has 6 heteroatoms. The van der Waals surface area contributed by atoms with Crippen LogP contribution in [0.5, 0.6) is 0 Å². The zero-order chi connectivity index (χ0) is 15.9. The standard InChI is InChI=1S/C16H20N2O4/c1-12(11-14(19)18-7-9-22-10-8-18)17-15(16(20)21)13-5-3-2-4-6-13/h2-6,11,15,17H,7-10H2,1H3,(H,20,21)/b12-11+/t15-/m1/s1. The Morgan fingerprint density at radius 2 is 1.91 bits per heavy atom. The first-order valence-corrected chi connectivity index (χ1v) is 7.17. The van der Waals surface area contributed by atoms with Gasteiger partial charge in [-0.1, -0.05) is 30.3 Å². The molecule has 0 unspecified atom stereocenters. The van der Waals surface area contributed by atoms with Gasteiger partial charge in [-0.05, 0) is 12.5 Å². The molecule has 1 atom stereocenters. The van der Waals surface area contributed by atoms with Gasteiger partial charge in [-0.2, -0.15) is 0 Å². The first-order chi connectivity index (χ1) is 10.6. The molecule has 0 saturated carbocycles. The average molecular weight is 304 g/mol. The summed E-state index contributed by atoms with van der Waals surface area (Å²) in [6.07, 6.45) is 1.43. The van der Waals surface area contributed by atoms with Gasteiger partial charge in [0.1, 0.15) is 6.04 Å². The van der Waals surface area contributed by atoms with Crippen molar-refractivity contribution in [1.29, 1.82) is 0 Å². The molecule has 2 rings (SSSR count). The summed E-state index contributed by atoms with van der Waals surface area (Å²) < 4.78 is 5.20. The van der Waals surface area contributed by atoms with Crippen LogP contribution in [0.1, 0.15) is 18.5 Å². The van der Waals surface area contributed by atoms with Gasteiger partial charge in [0.2, 0.25) is 5.91 Å². The topological polar surface area (TPSA) is 78.9 Å². The molecule has 1 saturated heterocycles. The van der Waals surface area contributed by atoms with Gasteiger partial charge in [0, 0.05) is 24.9 Å². The molecule has 22 heavy (non-hydrogen) atoms. The van der Waals surface area contributed by atoms with Crippen molar-refractivity contribution in [3.8, 4) is 0 Å². The van der Waals surface area contributed by atoms with Crippen molar-refractivity contribution in [2.75, 3.05) is 26.3 Å². The van der Waals surface area contributed by atoms with E-state index in [1.54, 1.807) is 36.1 Å². The summed E-state index contributed by atoms with van der Waals surface area (Å²) in [7, 11) is 0. The highest BCUT2D eigenvalue weighted by molar-refractivity contribution is 5.88. The van der Waals surface area contributed by atoms with Crippen molar-refractivity contribution < 1.29 is 19.4 Å². The number of ether oxygens (including phenoxy) is 1. The maximum absolute atomic E-state index is 12.1. The molecule has 1 aliphatic heterocycles. The number of benzene rings is 1. The van der Waals surface area contributed by atoms with E-state index in [1.165, 1.54) is 6.08 Å². The summed E-state index contributed by atoms with van der Waals surface area (Å²) in [5.41, 5.74) is 1.16. The van der Waals surface area contributed by atoms with E-state index in [0.717, 1.165) is 0 Å². The van der Waals surface area contributed by atoms with Crippen molar-refractivity contribution in [3.63, 3.8) is 0 Å².